The fourth-order valence-corrected chi connectivity index (χ4v) is 1.54. The van der Waals surface area contributed by atoms with Gasteiger partial charge in [0.1, 0.15) is 17.3 Å². The third-order valence-corrected chi connectivity index (χ3v) is 2.53. The van der Waals surface area contributed by atoms with E-state index in [1.807, 2.05) is 0 Å². The summed E-state index contributed by atoms with van der Waals surface area (Å²) in [4.78, 5) is 10.5. The van der Waals surface area contributed by atoms with Crippen LogP contribution in [0, 0.1) is 17.5 Å². The summed E-state index contributed by atoms with van der Waals surface area (Å²) in [6.07, 6.45) is 0.327. The number of aldehydes is 1. The highest BCUT2D eigenvalue weighted by Gasteiger charge is 2.15. The number of ether oxygens (including phenoxy) is 2. The Morgan fingerprint density at radius 1 is 0.950 bits per heavy atom. The number of hydrogen-bond donors (Lipinski definition) is 0. The van der Waals surface area contributed by atoms with Crippen LogP contribution in [0.4, 0.5) is 13.2 Å². The molecule has 0 radical (unpaired) electrons. The van der Waals surface area contributed by atoms with E-state index in [1.54, 1.807) is 0 Å². The third kappa shape index (κ3) is 2.74. The van der Waals surface area contributed by atoms with Gasteiger partial charge in [-0.15, -0.1) is 0 Å². The van der Waals surface area contributed by atoms with Crippen molar-refractivity contribution in [3.05, 3.63) is 53.3 Å². The summed E-state index contributed by atoms with van der Waals surface area (Å²) in [7, 11) is 1.27. The minimum absolute atomic E-state index is 0.00478. The van der Waals surface area contributed by atoms with Crippen molar-refractivity contribution in [2.75, 3.05) is 7.11 Å². The number of halogens is 3. The molecule has 0 spiro atoms. The average molecular weight is 282 g/mol. The highest BCUT2D eigenvalue weighted by atomic mass is 19.1. The van der Waals surface area contributed by atoms with Crippen LogP contribution in [-0.4, -0.2) is 13.4 Å². The largest absolute Gasteiger partial charge is 0.497 e. The van der Waals surface area contributed by atoms with E-state index in [2.05, 4.69) is 0 Å². The van der Waals surface area contributed by atoms with Crippen molar-refractivity contribution in [1.29, 1.82) is 0 Å². The second-order valence-electron chi connectivity index (χ2n) is 3.82. The molecule has 0 aliphatic rings. The molecule has 0 bridgehead atoms. The molecule has 0 N–H and O–H groups in total. The Labute approximate surface area is 112 Å². The first kappa shape index (κ1) is 13.9. The predicted octanol–water partition coefficient (Wildman–Crippen LogP) is 3.72. The zero-order valence-corrected chi connectivity index (χ0v) is 10.3. The first-order valence-electron chi connectivity index (χ1n) is 5.50. The van der Waals surface area contributed by atoms with Crippen molar-refractivity contribution in [3.63, 3.8) is 0 Å². The van der Waals surface area contributed by atoms with Gasteiger partial charge in [-0.25, -0.2) is 13.2 Å². The fraction of sp³-hybridized carbons (Fsp3) is 0.0714. The van der Waals surface area contributed by atoms with Gasteiger partial charge < -0.3 is 9.47 Å². The van der Waals surface area contributed by atoms with E-state index in [4.69, 9.17) is 9.47 Å². The van der Waals surface area contributed by atoms with Gasteiger partial charge >= 0.3 is 0 Å². The van der Waals surface area contributed by atoms with Gasteiger partial charge in [-0.3, -0.25) is 4.79 Å². The zero-order valence-electron chi connectivity index (χ0n) is 10.3. The maximum Gasteiger partial charge on any atom is 0.198 e. The summed E-state index contributed by atoms with van der Waals surface area (Å²) >= 11 is 0. The summed E-state index contributed by atoms with van der Waals surface area (Å²) in [5.41, 5.74) is -0.173. The lowest BCUT2D eigenvalue weighted by molar-refractivity contribution is 0.112. The van der Waals surface area contributed by atoms with Gasteiger partial charge in [-0.1, -0.05) is 0 Å². The Balaban J connectivity index is 2.35. The zero-order chi connectivity index (χ0) is 14.7. The molecule has 0 fully saturated rings. The Hall–Kier alpha value is -2.50. The number of benzene rings is 2. The Morgan fingerprint density at radius 3 is 2.05 bits per heavy atom. The van der Waals surface area contributed by atoms with Gasteiger partial charge in [-0.05, 0) is 12.1 Å². The van der Waals surface area contributed by atoms with Crippen LogP contribution in [0.3, 0.4) is 0 Å². The second kappa shape index (κ2) is 5.64. The van der Waals surface area contributed by atoms with Crippen LogP contribution >= 0.6 is 0 Å². The average Bonchev–Trinajstić information content (AvgIpc) is 2.42. The molecule has 0 heterocycles. The van der Waals surface area contributed by atoms with E-state index in [9.17, 15) is 18.0 Å². The molecular weight excluding hydrogens is 273 g/mol. The lowest BCUT2D eigenvalue weighted by Gasteiger charge is -2.09. The minimum Gasteiger partial charge on any atom is -0.497 e. The molecular formula is C14H9F3O3. The van der Waals surface area contributed by atoms with Crippen LogP contribution in [0.5, 0.6) is 17.2 Å². The first-order valence-corrected chi connectivity index (χ1v) is 5.50. The monoisotopic (exact) mass is 282 g/mol. The van der Waals surface area contributed by atoms with E-state index in [0.29, 0.717) is 6.29 Å². The molecule has 0 aromatic heterocycles. The van der Waals surface area contributed by atoms with Crippen LogP contribution in [-0.2, 0) is 0 Å². The summed E-state index contributed by atoms with van der Waals surface area (Å²) in [5, 5.41) is 0. The topological polar surface area (TPSA) is 35.5 Å². The smallest absolute Gasteiger partial charge is 0.198 e. The molecule has 2 rings (SSSR count). The Bertz CT molecular complexity index is 633. The van der Waals surface area contributed by atoms with Crippen LogP contribution in [0.1, 0.15) is 10.4 Å². The molecule has 104 valence electrons. The predicted molar refractivity (Wildman–Crippen MR) is 64.8 cm³/mol. The summed E-state index contributed by atoms with van der Waals surface area (Å²) < 4.78 is 50.3. The summed E-state index contributed by atoms with van der Waals surface area (Å²) in [5.74, 6) is -3.62. The molecule has 2 aromatic rings. The lowest BCUT2D eigenvalue weighted by atomic mass is 10.2. The number of rotatable bonds is 4. The molecule has 0 saturated carbocycles. The molecule has 2 aromatic carbocycles. The standard InChI is InChI=1S/C14H9F3O3/c1-19-10-5-12(16)14(13(17)6-10)20-9-3-2-8(7-18)11(15)4-9/h2-7H,1H3. The molecule has 20 heavy (non-hydrogen) atoms. The number of methoxy groups -OCH3 is 1. The van der Waals surface area contributed by atoms with Crippen molar-refractivity contribution >= 4 is 6.29 Å². The summed E-state index contributed by atoms with van der Waals surface area (Å²) in [6.45, 7) is 0. The number of carbonyl (C=O) groups excluding carboxylic acids is 1. The van der Waals surface area contributed by atoms with Crippen LogP contribution in [0.25, 0.3) is 0 Å². The fourth-order valence-electron chi connectivity index (χ4n) is 1.54. The normalized spacial score (nSPS) is 10.2. The van der Waals surface area contributed by atoms with Gasteiger partial charge in [0.25, 0.3) is 0 Å². The highest BCUT2D eigenvalue weighted by molar-refractivity contribution is 5.75. The van der Waals surface area contributed by atoms with Gasteiger partial charge in [0.05, 0.1) is 12.7 Å². The van der Waals surface area contributed by atoms with Gasteiger partial charge in [0.2, 0.25) is 0 Å². The van der Waals surface area contributed by atoms with Crippen LogP contribution in [0.2, 0.25) is 0 Å². The Kier molecular flexibility index (Phi) is 3.93. The molecule has 6 heteroatoms. The van der Waals surface area contributed by atoms with Crippen molar-refractivity contribution < 1.29 is 27.4 Å². The summed E-state index contributed by atoms with van der Waals surface area (Å²) in [6, 6.07) is 5.13. The molecule has 0 amide bonds. The van der Waals surface area contributed by atoms with Crippen LogP contribution < -0.4 is 9.47 Å². The molecule has 0 aliphatic carbocycles. The third-order valence-electron chi connectivity index (χ3n) is 2.53. The molecule has 0 atom stereocenters. The van der Waals surface area contributed by atoms with E-state index in [1.165, 1.54) is 13.2 Å². The van der Waals surface area contributed by atoms with Gasteiger partial charge in [-0.2, -0.15) is 0 Å². The van der Waals surface area contributed by atoms with Crippen molar-refractivity contribution in [3.8, 4) is 17.2 Å². The molecule has 0 aliphatic heterocycles. The van der Waals surface area contributed by atoms with Crippen molar-refractivity contribution in [2.24, 2.45) is 0 Å². The van der Waals surface area contributed by atoms with Gasteiger partial charge in [0.15, 0.2) is 23.7 Å². The van der Waals surface area contributed by atoms with E-state index in [0.717, 1.165) is 24.3 Å². The lowest BCUT2D eigenvalue weighted by Crippen LogP contribution is -1.96. The van der Waals surface area contributed by atoms with Crippen molar-refractivity contribution in [2.45, 2.75) is 0 Å². The maximum absolute atomic E-state index is 13.6. The highest BCUT2D eigenvalue weighted by Crippen LogP contribution is 2.31. The van der Waals surface area contributed by atoms with Gasteiger partial charge in [0, 0.05) is 18.2 Å². The number of hydrogen-bond acceptors (Lipinski definition) is 3. The van der Waals surface area contributed by atoms with E-state index in [-0.39, 0.29) is 17.1 Å². The van der Waals surface area contributed by atoms with E-state index >= 15 is 0 Å². The first-order chi connectivity index (χ1) is 9.55. The Morgan fingerprint density at radius 2 is 1.55 bits per heavy atom. The van der Waals surface area contributed by atoms with Crippen molar-refractivity contribution in [1.82, 2.24) is 0 Å². The SMILES string of the molecule is COc1cc(F)c(Oc2ccc(C=O)c(F)c2)c(F)c1. The van der Waals surface area contributed by atoms with Crippen LogP contribution in [0.15, 0.2) is 30.3 Å². The second-order valence-corrected chi connectivity index (χ2v) is 3.82. The quantitative estimate of drug-likeness (QED) is 0.802. The number of carbonyl (C=O) groups is 1. The van der Waals surface area contributed by atoms with E-state index < -0.39 is 23.2 Å². The maximum atomic E-state index is 13.6. The molecule has 0 unspecified atom stereocenters. The molecule has 0 saturated heterocycles. The minimum atomic E-state index is -0.985. The molecule has 3 nitrogen and oxygen atoms in total.